The zero-order valence-electron chi connectivity index (χ0n) is 15.9. The summed E-state index contributed by atoms with van der Waals surface area (Å²) in [6, 6.07) is 21.4. The van der Waals surface area contributed by atoms with Crippen molar-refractivity contribution in [2.45, 2.75) is 11.8 Å². The van der Waals surface area contributed by atoms with Crippen molar-refractivity contribution < 1.29 is 4.39 Å². The largest absolute Gasteiger partial charge is 0.384 e. The fraction of sp³-hybridized carbons (Fsp3) is 0.0870. The van der Waals surface area contributed by atoms with Crippen LogP contribution in [0, 0.1) is 5.95 Å². The van der Waals surface area contributed by atoms with E-state index in [4.69, 9.17) is 23.1 Å². The fourth-order valence-corrected chi connectivity index (χ4v) is 3.76. The second-order valence-corrected chi connectivity index (χ2v) is 7.30. The number of nitrogens with two attached hydrogens (primary N) is 2. The van der Waals surface area contributed by atoms with Crippen LogP contribution in [0.5, 0.6) is 0 Å². The lowest BCUT2D eigenvalue weighted by molar-refractivity contribution is 0.539. The predicted octanol–water partition coefficient (Wildman–Crippen LogP) is 4.79. The van der Waals surface area contributed by atoms with Crippen molar-refractivity contribution >= 4 is 23.2 Å². The van der Waals surface area contributed by atoms with E-state index in [1.165, 1.54) is 6.20 Å². The zero-order valence-corrected chi connectivity index (χ0v) is 16.7. The van der Waals surface area contributed by atoms with Gasteiger partial charge in [0.25, 0.3) is 0 Å². The minimum Gasteiger partial charge on any atom is -0.384 e. The zero-order chi connectivity index (χ0) is 21.1. The molecule has 0 saturated heterocycles. The molecule has 3 aromatic heterocycles. The molecule has 0 radical (unpaired) electrons. The number of nitrogens with zero attached hydrogens (tertiary/aromatic N) is 3. The van der Waals surface area contributed by atoms with E-state index in [0.717, 1.165) is 5.56 Å². The number of hydrogen-bond acceptors (Lipinski definition) is 5. The first-order chi connectivity index (χ1) is 14.5. The number of hydrogen-bond donors (Lipinski definition) is 2. The predicted molar refractivity (Wildman–Crippen MR) is 117 cm³/mol. The number of nitrogen functional groups attached to an aromatic ring is 2. The number of pyridine rings is 3. The van der Waals surface area contributed by atoms with Crippen LogP contribution >= 0.6 is 11.6 Å². The molecule has 4 aromatic rings. The van der Waals surface area contributed by atoms with E-state index < -0.39 is 17.8 Å². The first-order valence-corrected chi connectivity index (χ1v) is 9.71. The Kier molecular flexibility index (Phi) is 5.59. The van der Waals surface area contributed by atoms with Gasteiger partial charge in [0.1, 0.15) is 11.6 Å². The Balaban J connectivity index is 1.99. The van der Waals surface area contributed by atoms with Crippen LogP contribution in [0.4, 0.5) is 16.0 Å². The summed E-state index contributed by atoms with van der Waals surface area (Å²) in [4.78, 5) is 12.9. The van der Waals surface area contributed by atoms with Crippen molar-refractivity contribution in [3.63, 3.8) is 0 Å². The molecule has 1 atom stereocenters. The van der Waals surface area contributed by atoms with Gasteiger partial charge in [0, 0.05) is 22.7 Å². The number of halogens is 2. The molecule has 3 heterocycles. The van der Waals surface area contributed by atoms with Gasteiger partial charge in [-0.3, -0.25) is 0 Å². The maximum atomic E-state index is 14.9. The van der Waals surface area contributed by atoms with Gasteiger partial charge < -0.3 is 11.5 Å². The molecule has 30 heavy (non-hydrogen) atoms. The summed E-state index contributed by atoms with van der Waals surface area (Å²) in [5.74, 6) is -0.780. The Morgan fingerprint density at radius 3 is 1.87 bits per heavy atom. The molecule has 0 spiro atoms. The van der Waals surface area contributed by atoms with Gasteiger partial charge in [-0.25, -0.2) is 15.0 Å². The second-order valence-electron chi connectivity index (χ2n) is 6.86. The summed E-state index contributed by atoms with van der Waals surface area (Å²) in [7, 11) is 0. The lowest BCUT2D eigenvalue weighted by Gasteiger charge is -2.28. The average molecular weight is 420 g/mol. The van der Waals surface area contributed by atoms with E-state index in [0.29, 0.717) is 33.6 Å². The molecule has 0 aliphatic carbocycles. The molecule has 0 amide bonds. The van der Waals surface area contributed by atoms with E-state index in [9.17, 15) is 4.39 Å². The Morgan fingerprint density at radius 1 is 0.733 bits per heavy atom. The number of rotatable bonds is 5. The molecule has 150 valence electrons. The maximum Gasteiger partial charge on any atom is 0.216 e. The topological polar surface area (TPSA) is 90.7 Å². The summed E-state index contributed by atoms with van der Waals surface area (Å²) in [5, 5.41) is 0.588. The van der Waals surface area contributed by atoms with Crippen LogP contribution < -0.4 is 11.5 Å². The maximum absolute atomic E-state index is 14.9. The molecule has 0 aliphatic rings. The number of aromatic nitrogens is 3. The summed E-state index contributed by atoms with van der Waals surface area (Å²) in [5.41, 5.74) is 14.5. The van der Waals surface area contributed by atoms with Gasteiger partial charge in [0.05, 0.1) is 17.3 Å². The van der Waals surface area contributed by atoms with Crippen molar-refractivity contribution in [1.29, 1.82) is 0 Å². The molecule has 7 heteroatoms. The van der Waals surface area contributed by atoms with Gasteiger partial charge in [0.2, 0.25) is 5.95 Å². The van der Waals surface area contributed by atoms with Crippen molar-refractivity contribution in [1.82, 2.24) is 15.0 Å². The highest BCUT2D eigenvalue weighted by atomic mass is 35.5. The van der Waals surface area contributed by atoms with Crippen molar-refractivity contribution in [3.8, 4) is 0 Å². The van der Waals surface area contributed by atoms with Gasteiger partial charge in [-0.05, 0) is 48.0 Å². The Bertz CT molecular complexity index is 1120. The highest BCUT2D eigenvalue weighted by Gasteiger charge is 2.32. The highest BCUT2D eigenvalue weighted by Crippen LogP contribution is 2.42. The average Bonchev–Trinajstić information content (AvgIpc) is 2.73. The van der Waals surface area contributed by atoms with Crippen molar-refractivity contribution in [3.05, 3.63) is 112 Å². The van der Waals surface area contributed by atoms with Gasteiger partial charge in [-0.15, -0.1) is 0 Å². The first-order valence-electron chi connectivity index (χ1n) is 9.33. The molecular weight excluding hydrogens is 401 g/mol. The lowest BCUT2D eigenvalue weighted by atomic mass is 9.77. The summed E-state index contributed by atoms with van der Waals surface area (Å²) >= 11 is 6.10. The smallest absolute Gasteiger partial charge is 0.216 e. The van der Waals surface area contributed by atoms with E-state index in [1.807, 2.05) is 36.4 Å². The number of benzene rings is 1. The molecule has 0 aliphatic heterocycles. The first kappa shape index (κ1) is 19.8. The van der Waals surface area contributed by atoms with Gasteiger partial charge in [-0.1, -0.05) is 41.9 Å². The van der Waals surface area contributed by atoms with Crippen LogP contribution in [0.2, 0.25) is 5.02 Å². The molecular formula is C23H19ClFN5. The standard InChI is InChI=1S/C23H19ClFN5/c24-15-11-9-14(10-12-15)21(16-4-3-13-28-23(16)25)22(17-5-1-7-19(26)29-17)18-6-2-8-20(27)30-18/h1-13,21-22H,(H2,26,29)(H2,27,30). The summed E-state index contributed by atoms with van der Waals surface area (Å²) in [6.07, 6.45) is 1.42. The minimum atomic E-state index is -0.560. The van der Waals surface area contributed by atoms with Crippen LogP contribution in [0.3, 0.4) is 0 Å². The van der Waals surface area contributed by atoms with Crippen LogP contribution in [0.25, 0.3) is 0 Å². The fourth-order valence-electron chi connectivity index (χ4n) is 3.63. The van der Waals surface area contributed by atoms with Crippen molar-refractivity contribution in [2.75, 3.05) is 11.5 Å². The summed E-state index contributed by atoms with van der Waals surface area (Å²) in [6.45, 7) is 0. The molecule has 4 rings (SSSR count). The third-order valence-electron chi connectivity index (χ3n) is 4.91. The van der Waals surface area contributed by atoms with Crippen LogP contribution in [0.15, 0.2) is 79.0 Å². The minimum absolute atomic E-state index is 0.364. The monoisotopic (exact) mass is 419 g/mol. The van der Waals surface area contributed by atoms with Crippen molar-refractivity contribution in [2.24, 2.45) is 0 Å². The van der Waals surface area contributed by atoms with Crippen LogP contribution in [-0.2, 0) is 0 Å². The third kappa shape index (κ3) is 4.09. The van der Waals surface area contributed by atoms with Gasteiger partial charge in [-0.2, -0.15) is 4.39 Å². The van der Waals surface area contributed by atoms with E-state index in [2.05, 4.69) is 15.0 Å². The molecule has 1 aromatic carbocycles. The van der Waals surface area contributed by atoms with E-state index in [1.54, 1.807) is 36.4 Å². The molecule has 5 nitrogen and oxygen atoms in total. The highest BCUT2D eigenvalue weighted by molar-refractivity contribution is 6.30. The molecule has 4 N–H and O–H groups in total. The molecule has 0 saturated carbocycles. The van der Waals surface area contributed by atoms with E-state index in [-0.39, 0.29) is 0 Å². The normalized spacial score (nSPS) is 12.1. The Hall–Kier alpha value is -3.51. The summed E-state index contributed by atoms with van der Waals surface area (Å²) < 4.78 is 14.9. The quantitative estimate of drug-likeness (QED) is 0.454. The molecule has 0 bridgehead atoms. The lowest BCUT2D eigenvalue weighted by Crippen LogP contribution is -2.19. The molecule has 1 unspecified atom stereocenters. The second kappa shape index (κ2) is 8.47. The van der Waals surface area contributed by atoms with E-state index >= 15 is 0 Å². The van der Waals surface area contributed by atoms with Gasteiger partial charge >= 0.3 is 0 Å². The van der Waals surface area contributed by atoms with Crippen LogP contribution in [-0.4, -0.2) is 15.0 Å². The van der Waals surface area contributed by atoms with Crippen LogP contribution in [0.1, 0.15) is 34.4 Å². The Morgan fingerprint density at radius 2 is 1.33 bits per heavy atom. The Labute approximate surface area is 178 Å². The van der Waals surface area contributed by atoms with Gasteiger partial charge in [0.15, 0.2) is 0 Å². The SMILES string of the molecule is Nc1cccc(C(c2cccc(N)n2)C(c2ccc(Cl)cc2)c2cccnc2F)n1. The number of anilines is 2. The third-order valence-corrected chi connectivity index (χ3v) is 5.16. The molecule has 0 fully saturated rings.